The summed E-state index contributed by atoms with van der Waals surface area (Å²) in [6, 6.07) is 13.9. The van der Waals surface area contributed by atoms with Gasteiger partial charge in [-0.05, 0) is 35.4 Å². The monoisotopic (exact) mass is 394 g/mol. The molecule has 0 atom stereocenters. The van der Waals surface area contributed by atoms with E-state index < -0.39 is 4.92 Å². The van der Waals surface area contributed by atoms with Crippen LogP contribution < -0.4 is 14.2 Å². The van der Waals surface area contributed by atoms with Crippen molar-refractivity contribution in [1.82, 2.24) is 0 Å². The fraction of sp³-hybridized carbons (Fsp3) is 0.150. The SMILES string of the molecule is N#Cc1c(-c2ccc3c(c2)OCCO3)csc1OCc1ccc([N+](=O)[O-])cc1. The van der Waals surface area contributed by atoms with Crippen molar-refractivity contribution in [3.8, 4) is 33.8 Å². The Labute approximate surface area is 164 Å². The van der Waals surface area contributed by atoms with E-state index in [0.29, 0.717) is 35.3 Å². The molecule has 2 heterocycles. The summed E-state index contributed by atoms with van der Waals surface area (Å²) in [7, 11) is 0. The molecule has 1 aliphatic rings. The van der Waals surface area contributed by atoms with Gasteiger partial charge in [-0.15, -0.1) is 11.3 Å². The Hall–Kier alpha value is -3.57. The fourth-order valence-corrected chi connectivity index (χ4v) is 3.72. The predicted molar refractivity (Wildman–Crippen MR) is 103 cm³/mol. The van der Waals surface area contributed by atoms with E-state index in [4.69, 9.17) is 14.2 Å². The van der Waals surface area contributed by atoms with Gasteiger partial charge in [0.1, 0.15) is 31.5 Å². The standard InChI is InChI=1S/C20H14N2O5S/c21-10-16-17(14-3-6-18-19(9-14)26-8-7-25-18)12-28-20(16)27-11-13-1-4-15(5-2-13)22(23)24/h1-6,9,12H,7-8,11H2. The number of nitrogens with zero attached hydrogens (tertiary/aromatic N) is 2. The quantitative estimate of drug-likeness (QED) is 0.466. The average molecular weight is 394 g/mol. The maximum atomic E-state index is 10.7. The molecule has 0 bridgehead atoms. The summed E-state index contributed by atoms with van der Waals surface area (Å²) in [6.07, 6.45) is 0. The van der Waals surface area contributed by atoms with Gasteiger partial charge in [-0.25, -0.2) is 0 Å². The smallest absolute Gasteiger partial charge is 0.269 e. The van der Waals surface area contributed by atoms with E-state index in [9.17, 15) is 15.4 Å². The van der Waals surface area contributed by atoms with Crippen molar-refractivity contribution in [2.75, 3.05) is 13.2 Å². The zero-order valence-electron chi connectivity index (χ0n) is 14.6. The van der Waals surface area contributed by atoms with E-state index in [1.807, 2.05) is 23.6 Å². The van der Waals surface area contributed by atoms with Crippen LogP contribution in [-0.4, -0.2) is 18.1 Å². The van der Waals surface area contributed by atoms with Gasteiger partial charge < -0.3 is 14.2 Å². The summed E-state index contributed by atoms with van der Waals surface area (Å²) in [5, 5.41) is 22.7. The van der Waals surface area contributed by atoms with Gasteiger partial charge >= 0.3 is 0 Å². The van der Waals surface area contributed by atoms with Gasteiger partial charge in [-0.2, -0.15) is 5.26 Å². The Morgan fingerprint density at radius 2 is 1.89 bits per heavy atom. The lowest BCUT2D eigenvalue weighted by Crippen LogP contribution is -2.15. The molecule has 0 spiro atoms. The minimum Gasteiger partial charge on any atom is -0.486 e. The average Bonchev–Trinajstić information content (AvgIpc) is 3.15. The highest BCUT2D eigenvalue weighted by Gasteiger charge is 2.18. The first-order valence-corrected chi connectivity index (χ1v) is 9.31. The summed E-state index contributed by atoms with van der Waals surface area (Å²) < 4.78 is 16.9. The molecule has 1 aliphatic heterocycles. The highest BCUT2D eigenvalue weighted by molar-refractivity contribution is 7.12. The molecule has 4 rings (SSSR count). The van der Waals surface area contributed by atoms with Crippen LogP contribution in [-0.2, 0) is 6.61 Å². The van der Waals surface area contributed by atoms with Gasteiger partial charge in [0.2, 0.25) is 0 Å². The molecular formula is C20H14N2O5S. The highest BCUT2D eigenvalue weighted by atomic mass is 32.1. The molecule has 140 valence electrons. The first kappa shape index (κ1) is 17.8. The molecule has 7 nitrogen and oxygen atoms in total. The van der Waals surface area contributed by atoms with Crippen molar-refractivity contribution < 1.29 is 19.1 Å². The lowest BCUT2D eigenvalue weighted by Gasteiger charge is -2.18. The molecule has 0 N–H and O–H groups in total. The summed E-state index contributed by atoms with van der Waals surface area (Å²) in [6.45, 7) is 1.23. The van der Waals surface area contributed by atoms with Gasteiger partial charge in [-0.3, -0.25) is 10.1 Å². The number of nitriles is 1. The third kappa shape index (κ3) is 3.48. The number of hydrogen-bond acceptors (Lipinski definition) is 7. The predicted octanol–water partition coefficient (Wildman–Crippen LogP) is 4.55. The van der Waals surface area contributed by atoms with Crippen LogP contribution >= 0.6 is 11.3 Å². The maximum absolute atomic E-state index is 10.7. The summed E-state index contributed by atoms with van der Waals surface area (Å²) in [5.74, 6) is 1.35. The number of benzene rings is 2. The highest BCUT2D eigenvalue weighted by Crippen LogP contribution is 2.40. The zero-order chi connectivity index (χ0) is 19.5. The van der Waals surface area contributed by atoms with Crippen molar-refractivity contribution >= 4 is 17.0 Å². The summed E-state index contributed by atoms with van der Waals surface area (Å²) >= 11 is 1.34. The Bertz CT molecular complexity index is 1070. The van der Waals surface area contributed by atoms with Crippen LogP contribution in [0.15, 0.2) is 47.8 Å². The number of rotatable bonds is 5. The molecule has 28 heavy (non-hydrogen) atoms. The van der Waals surface area contributed by atoms with Crippen LogP contribution in [0.4, 0.5) is 5.69 Å². The van der Waals surface area contributed by atoms with Crippen molar-refractivity contribution in [3.63, 3.8) is 0 Å². The molecule has 0 saturated heterocycles. The van der Waals surface area contributed by atoms with Gasteiger partial charge in [0.15, 0.2) is 16.6 Å². The Balaban J connectivity index is 1.54. The van der Waals surface area contributed by atoms with Crippen molar-refractivity contribution in [2.45, 2.75) is 6.61 Å². The van der Waals surface area contributed by atoms with Crippen molar-refractivity contribution in [1.29, 1.82) is 5.26 Å². The lowest BCUT2D eigenvalue weighted by molar-refractivity contribution is -0.384. The maximum Gasteiger partial charge on any atom is 0.269 e. The Morgan fingerprint density at radius 1 is 1.14 bits per heavy atom. The largest absolute Gasteiger partial charge is 0.486 e. The molecule has 0 saturated carbocycles. The molecule has 0 unspecified atom stereocenters. The number of thiophene rings is 1. The normalized spacial score (nSPS) is 12.2. The lowest BCUT2D eigenvalue weighted by atomic mass is 10.0. The molecule has 3 aromatic rings. The third-order valence-corrected chi connectivity index (χ3v) is 5.13. The van der Waals surface area contributed by atoms with Crippen LogP contribution in [0, 0.1) is 21.4 Å². The van der Waals surface area contributed by atoms with Crippen LogP contribution in [0.2, 0.25) is 0 Å². The molecule has 8 heteroatoms. The van der Waals surface area contributed by atoms with Crippen LogP contribution in [0.5, 0.6) is 16.6 Å². The fourth-order valence-electron chi connectivity index (χ4n) is 2.84. The molecule has 2 aromatic carbocycles. The van der Waals surface area contributed by atoms with Crippen molar-refractivity contribution in [3.05, 3.63) is 69.1 Å². The van der Waals surface area contributed by atoms with E-state index in [-0.39, 0.29) is 12.3 Å². The van der Waals surface area contributed by atoms with Gasteiger partial charge in [-0.1, -0.05) is 6.07 Å². The topological polar surface area (TPSA) is 94.6 Å². The first-order valence-electron chi connectivity index (χ1n) is 8.43. The molecule has 1 aromatic heterocycles. The van der Waals surface area contributed by atoms with Gasteiger partial charge in [0.25, 0.3) is 5.69 Å². The third-order valence-electron chi connectivity index (χ3n) is 4.24. The zero-order valence-corrected chi connectivity index (χ0v) is 15.4. The van der Waals surface area contributed by atoms with Crippen molar-refractivity contribution in [2.24, 2.45) is 0 Å². The Kier molecular flexibility index (Phi) is 4.83. The van der Waals surface area contributed by atoms with E-state index in [1.165, 1.54) is 23.5 Å². The first-order chi connectivity index (χ1) is 13.7. The van der Waals surface area contributed by atoms with E-state index in [2.05, 4.69) is 6.07 Å². The number of nitro groups is 1. The summed E-state index contributed by atoms with van der Waals surface area (Å²) in [4.78, 5) is 10.3. The van der Waals surface area contributed by atoms with Gasteiger partial charge in [0, 0.05) is 23.1 Å². The molecule has 0 fully saturated rings. The second-order valence-electron chi connectivity index (χ2n) is 5.99. The number of nitro benzene ring substituents is 1. The minimum atomic E-state index is -0.447. The summed E-state index contributed by atoms with van der Waals surface area (Å²) in [5.41, 5.74) is 2.87. The van der Waals surface area contributed by atoms with E-state index >= 15 is 0 Å². The van der Waals surface area contributed by atoms with Crippen LogP contribution in [0.25, 0.3) is 11.1 Å². The molecular weight excluding hydrogens is 380 g/mol. The van der Waals surface area contributed by atoms with E-state index in [0.717, 1.165) is 16.7 Å². The number of ether oxygens (including phenoxy) is 3. The molecule has 0 amide bonds. The molecule has 0 radical (unpaired) electrons. The molecule has 0 aliphatic carbocycles. The second kappa shape index (κ2) is 7.58. The number of fused-ring (bicyclic) bond motifs is 1. The number of non-ortho nitro benzene ring substituents is 1. The van der Waals surface area contributed by atoms with Crippen LogP contribution in [0.3, 0.4) is 0 Å². The van der Waals surface area contributed by atoms with Gasteiger partial charge in [0.05, 0.1) is 4.92 Å². The van der Waals surface area contributed by atoms with E-state index in [1.54, 1.807) is 12.1 Å². The second-order valence-corrected chi connectivity index (χ2v) is 6.84. The Morgan fingerprint density at radius 3 is 2.61 bits per heavy atom. The minimum absolute atomic E-state index is 0.0264. The number of hydrogen-bond donors (Lipinski definition) is 0. The van der Waals surface area contributed by atoms with Crippen LogP contribution in [0.1, 0.15) is 11.1 Å².